The highest BCUT2D eigenvalue weighted by Gasteiger charge is 2.49. The fourth-order valence-electron chi connectivity index (χ4n) is 2.62. The van der Waals surface area contributed by atoms with E-state index in [9.17, 15) is 23.4 Å². The van der Waals surface area contributed by atoms with Gasteiger partial charge in [-0.3, -0.25) is 4.79 Å². The van der Waals surface area contributed by atoms with Gasteiger partial charge >= 0.3 is 10.4 Å². The molecule has 1 fully saturated rings. The van der Waals surface area contributed by atoms with Crippen molar-refractivity contribution in [1.29, 1.82) is 0 Å². The van der Waals surface area contributed by atoms with E-state index < -0.39 is 53.6 Å². The Kier molecular flexibility index (Phi) is 7.54. The van der Waals surface area contributed by atoms with Crippen molar-refractivity contribution < 1.29 is 46.1 Å². The van der Waals surface area contributed by atoms with Crippen LogP contribution in [0.25, 0.3) is 0 Å². The SMILES string of the molecule is COc1ccc(OC2OC(CO)C(OS(=O)(=O)ON)C(O)C2NC(C)=O)cc1. The molecule has 1 aromatic rings. The predicted octanol–water partition coefficient (Wildman–Crippen LogP) is -1.82. The second-order valence-corrected chi connectivity index (χ2v) is 7.00. The first kappa shape index (κ1) is 22.3. The van der Waals surface area contributed by atoms with Gasteiger partial charge in [-0.25, -0.2) is 4.18 Å². The molecule has 158 valence electrons. The highest BCUT2D eigenvalue weighted by atomic mass is 32.3. The fraction of sp³-hybridized carbons (Fsp3) is 0.533. The Bertz CT molecular complexity index is 757. The predicted molar refractivity (Wildman–Crippen MR) is 92.0 cm³/mol. The van der Waals surface area contributed by atoms with E-state index in [1.54, 1.807) is 24.3 Å². The van der Waals surface area contributed by atoms with Crippen LogP contribution in [0.4, 0.5) is 0 Å². The summed E-state index contributed by atoms with van der Waals surface area (Å²) in [5.41, 5.74) is 0. The molecule has 0 saturated carbocycles. The molecular weight excluding hydrogens is 400 g/mol. The lowest BCUT2D eigenvalue weighted by Crippen LogP contribution is -2.66. The van der Waals surface area contributed by atoms with Crippen LogP contribution in [0.5, 0.6) is 11.5 Å². The number of carbonyl (C=O) groups is 1. The van der Waals surface area contributed by atoms with Gasteiger partial charge in [0.05, 0.1) is 13.7 Å². The van der Waals surface area contributed by atoms with Crippen LogP contribution in [0.15, 0.2) is 24.3 Å². The fourth-order valence-corrected chi connectivity index (χ4v) is 3.18. The van der Waals surface area contributed by atoms with E-state index in [1.807, 2.05) is 0 Å². The van der Waals surface area contributed by atoms with Crippen molar-refractivity contribution in [2.45, 2.75) is 37.6 Å². The van der Waals surface area contributed by atoms with Gasteiger partial charge < -0.3 is 29.7 Å². The number of hydrogen-bond donors (Lipinski definition) is 4. The van der Waals surface area contributed by atoms with Crippen LogP contribution < -0.4 is 20.7 Å². The van der Waals surface area contributed by atoms with Crippen LogP contribution in [0.3, 0.4) is 0 Å². The van der Waals surface area contributed by atoms with Crippen LogP contribution >= 0.6 is 0 Å². The number of aliphatic hydroxyl groups is 2. The Morgan fingerprint density at radius 2 is 1.89 bits per heavy atom. The van der Waals surface area contributed by atoms with Gasteiger partial charge in [-0.05, 0) is 24.3 Å². The molecule has 12 nitrogen and oxygen atoms in total. The zero-order valence-electron chi connectivity index (χ0n) is 15.0. The van der Waals surface area contributed by atoms with Crippen LogP contribution in [0.2, 0.25) is 0 Å². The normalized spacial score (nSPS) is 27.8. The summed E-state index contributed by atoms with van der Waals surface area (Å²) < 4.78 is 47.6. The number of carbonyl (C=O) groups excluding carboxylic acids is 1. The van der Waals surface area contributed by atoms with E-state index >= 15 is 0 Å². The van der Waals surface area contributed by atoms with Crippen LogP contribution in [0.1, 0.15) is 6.92 Å². The Labute approximate surface area is 161 Å². The standard InChI is InChI=1S/C15H22N2O10S/c1-8(19)17-12-13(20)14(26-28(21,22)27-16)11(7-18)25-15(12)24-10-5-3-9(23-2)4-6-10/h3-6,11-15,18,20H,7,16H2,1-2H3,(H,17,19). The third-order valence-corrected chi connectivity index (χ3v) is 4.58. The molecule has 1 aromatic carbocycles. The maximum absolute atomic E-state index is 11.5. The number of nitrogens with one attached hydrogen (secondary N) is 1. The highest BCUT2D eigenvalue weighted by Crippen LogP contribution is 2.28. The summed E-state index contributed by atoms with van der Waals surface area (Å²) in [6.07, 6.45) is -5.87. The lowest BCUT2D eigenvalue weighted by Gasteiger charge is -2.43. The Hall–Kier alpha value is -2.00. The monoisotopic (exact) mass is 422 g/mol. The van der Waals surface area contributed by atoms with Gasteiger partial charge in [-0.15, -0.1) is 0 Å². The van der Waals surface area contributed by atoms with E-state index in [0.29, 0.717) is 11.5 Å². The molecule has 0 bridgehead atoms. The first-order chi connectivity index (χ1) is 13.2. The second kappa shape index (κ2) is 9.47. The molecule has 5 unspecified atom stereocenters. The van der Waals surface area contributed by atoms with Gasteiger partial charge in [0.25, 0.3) is 0 Å². The molecular formula is C15H22N2O10S. The topological polar surface area (TPSA) is 176 Å². The molecule has 28 heavy (non-hydrogen) atoms. The number of rotatable bonds is 8. The Morgan fingerprint density at radius 3 is 2.39 bits per heavy atom. The van der Waals surface area contributed by atoms with Gasteiger partial charge in [0.15, 0.2) is 0 Å². The second-order valence-electron chi connectivity index (χ2n) is 5.80. The van der Waals surface area contributed by atoms with Gasteiger partial charge in [-0.1, -0.05) is 0 Å². The summed E-state index contributed by atoms with van der Waals surface area (Å²) in [5.74, 6) is 4.96. The van der Waals surface area contributed by atoms with Crippen molar-refractivity contribution in [1.82, 2.24) is 5.32 Å². The van der Waals surface area contributed by atoms with Crippen LogP contribution in [-0.4, -0.2) is 68.9 Å². The number of ether oxygens (including phenoxy) is 3. The lowest BCUT2D eigenvalue weighted by molar-refractivity contribution is -0.239. The van der Waals surface area contributed by atoms with E-state index in [1.165, 1.54) is 14.0 Å². The molecule has 13 heteroatoms. The maximum atomic E-state index is 11.5. The van der Waals surface area contributed by atoms with Crippen molar-refractivity contribution in [3.05, 3.63) is 24.3 Å². The molecule has 1 saturated heterocycles. The average Bonchev–Trinajstić information content (AvgIpc) is 2.67. The molecule has 1 aliphatic heterocycles. The summed E-state index contributed by atoms with van der Waals surface area (Å²) in [6.45, 7) is 0.460. The first-order valence-corrected chi connectivity index (χ1v) is 9.38. The largest absolute Gasteiger partial charge is 0.497 e. The van der Waals surface area contributed by atoms with Crippen molar-refractivity contribution in [2.75, 3.05) is 13.7 Å². The molecule has 5 N–H and O–H groups in total. The van der Waals surface area contributed by atoms with Gasteiger partial charge in [0, 0.05) is 6.92 Å². The zero-order chi connectivity index (χ0) is 20.9. The molecule has 0 spiro atoms. The summed E-state index contributed by atoms with van der Waals surface area (Å²) in [7, 11) is -3.18. The van der Waals surface area contributed by atoms with Gasteiger partial charge in [0.1, 0.15) is 35.9 Å². The highest BCUT2D eigenvalue weighted by molar-refractivity contribution is 7.81. The molecule has 0 radical (unpaired) electrons. The summed E-state index contributed by atoms with van der Waals surface area (Å²) in [6, 6.07) is 5.11. The summed E-state index contributed by atoms with van der Waals surface area (Å²) in [5, 5.41) is 22.5. The third-order valence-electron chi connectivity index (χ3n) is 3.88. The smallest absolute Gasteiger partial charge is 0.416 e. The minimum absolute atomic E-state index is 0.308. The number of nitrogens with two attached hydrogens (primary N) is 1. The average molecular weight is 422 g/mol. The lowest BCUT2D eigenvalue weighted by atomic mass is 9.97. The summed E-state index contributed by atoms with van der Waals surface area (Å²) in [4.78, 5) is 11.5. The molecule has 0 aromatic heterocycles. The van der Waals surface area contributed by atoms with Crippen molar-refractivity contribution in [2.24, 2.45) is 5.90 Å². The van der Waals surface area contributed by atoms with Crippen molar-refractivity contribution >= 4 is 16.3 Å². The number of amides is 1. The zero-order valence-corrected chi connectivity index (χ0v) is 15.9. The number of benzene rings is 1. The molecule has 1 amide bonds. The van der Waals surface area contributed by atoms with Gasteiger partial charge in [0.2, 0.25) is 12.2 Å². The molecule has 2 rings (SSSR count). The van der Waals surface area contributed by atoms with Crippen molar-refractivity contribution in [3.63, 3.8) is 0 Å². The number of methoxy groups -OCH3 is 1. The molecule has 1 aliphatic rings. The maximum Gasteiger partial charge on any atom is 0.416 e. The van der Waals surface area contributed by atoms with E-state index in [2.05, 4.69) is 19.7 Å². The van der Waals surface area contributed by atoms with E-state index in [4.69, 9.17) is 14.2 Å². The minimum atomic E-state index is -4.67. The molecule has 5 atom stereocenters. The van der Waals surface area contributed by atoms with E-state index in [-0.39, 0.29) is 0 Å². The number of aliphatic hydroxyl groups excluding tert-OH is 2. The number of hydrogen-bond acceptors (Lipinski definition) is 11. The minimum Gasteiger partial charge on any atom is -0.497 e. The molecule has 0 aliphatic carbocycles. The van der Waals surface area contributed by atoms with E-state index in [0.717, 1.165) is 0 Å². The first-order valence-electron chi connectivity index (χ1n) is 8.04. The van der Waals surface area contributed by atoms with Gasteiger partial charge in [-0.2, -0.15) is 18.6 Å². The van der Waals surface area contributed by atoms with Crippen LogP contribution in [-0.2, 0) is 28.4 Å². The van der Waals surface area contributed by atoms with Crippen LogP contribution in [0, 0.1) is 0 Å². The third kappa shape index (κ3) is 5.51. The summed E-state index contributed by atoms with van der Waals surface area (Å²) >= 11 is 0. The quantitative estimate of drug-likeness (QED) is 0.347. The Balaban J connectivity index is 2.27. The Morgan fingerprint density at radius 1 is 1.29 bits per heavy atom. The molecule has 1 heterocycles. The van der Waals surface area contributed by atoms with Crippen molar-refractivity contribution in [3.8, 4) is 11.5 Å².